The Hall–Kier alpha value is 0.140. The van der Waals surface area contributed by atoms with Crippen LogP contribution in [-0.2, 0) is 20.9 Å². The quantitative estimate of drug-likeness (QED) is 0.125. The fourth-order valence-electron chi connectivity index (χ4n) is 3.12. The van der Waals surface area contributed by atoms with E-state index in [2.05, 4.69) is 40.5 Å². The molecule has 5 heteroatoms. The molecule has 0 radical (unpaired) electrons. The lowest BCUT2D eigenvalue weighted by atomic mass is 10.1. The van der Waals surface area contributed by atoms with E-state index in [9.17, 15) is 0 Å². The third kappa shape index (κ3) is 14.7. The van der Waals surface area contributed by atoms with Crippen molar-refractivity contribution in [3.63, 3.8) is 0 Å². The summed E-state index contributed by atoms with van der Waals surface area (Å²) in [6, 6.07) is 0. The maximum absolute atomic E-state index is 6.62. The standard InChI is InChI=1S/C24H45O2PS2/c1-7-13-19-22(16-10-4)25-27(28,26-23(17-11-5)20-14-8-2)29-24(18-12-6)21-15-9-3/h10-12,22-24H,4-9,13-21H2,1-3H3. The molecule has 0 saturated carbocycles. The Kier molecular flexibility index (Phi) is 19.0. The minimum atomic E-state index is -2.49. The monoisotopic (exact) mass is 460 g/mol. The van der Waals surface area contributed by atoms with Gasteiger partial charge in [0, 0.05) is 5.25 Å². The summed E-state index contributed by atoms with van der Waals surface area (Å²) in [5, 5.41) is 0.407. The van der Waals surface area contributed by atoms with Crippen molar-refractivity contribution < 1.29 is 9.05 Å². The zero-order valence-electron chi connectivity index (χ0n) is 19.2. The Bertz CT molecular complexity index is 415. The summed E-state index contributed by atoms with van der Waals surface area (Å²) >= 11 is 7.92. The van der Waals surface area contributed by atoms with Gasteiger partial charge in [0.15, 0.2) is 0 Å². The molecule has 0 amide bonds. The first-order valence-corrected chi connectivity index (χ1v) is 15.6. The highest BCUT2D eigenvalue weighted by molar-refractivity contribution is 8.68. The van der Waals surface area contributed by atoms with Crippen molar-refractivity contribution in [3.8, 4) is 0 Å². The van der Waals surface area contributed by atoms with Gasteiger partial charge in [0.2, 0.25) is 5.69 Å². The summed E-state index contributed by atoms with van der Waals surface area (Å²) in [6.07, 6.45) is 18.8. The van der Waals surface area contributed by atoms with Crippen molar-refractivity contribution in [2.24, 2.45) is 0 Å². The molecule has 0 fully saturated rings. The average Bonchev–Trinajstić information content (AvgIpc) is 2.69. The largest absolute Gasteiger partial charge is 0.318 e. The maximum atomic E-state index is 6.62. The third-order valence-corrected chi connectivity index (χ3v) is 10.3. The van der Waals surface area contributed by atoms with Crippen LogP contribution in [0.3, 0.4) is 0 Å². The van der Waals surface area contributed by atoms with Gasteiger partial charge in [0.25, 0.3) is 0 Å². The molecule has 170 valence electrons. The smallest absolute Gasteiger partial charge is 0.248 e. The zero-order valence-corrected chi connectivity index (χ0v) is 21.7. The van der Waals surface area contributed by atoms with Crippen LogP contribution in [0.4, 0.5) is 0 Å². The Morgan fingerprint density at radius 1 is 0.759 bits per heavy atom. The minimum absolute atomic E-state index is 0.0943. The molecule has 0 aliphatic rings. The van der Waals surface area contributed by atoms with Crippen LogP contribution in [0.1, 0.15) is 97.8 Å². The number of hydrogen-bond donors (Lipinski definition) is 0. The van der Waals surface area contributed by atoms with Crippen molar-refractivity contribution in [2.75, 3.05) is 0 Å². The van der Waals surface area contributed by atoms with E-state index in [0.717, 1.165) is 64.2 Å². The SMILES string of the molecule is C=CCC(CCCC)OP(=S)(OC(CC=C)CCCC)SC(CC=C)CCCC. The Morgan fingerprint density at radius 2 is 1.17 bits per heavy atom. The van der Waals surface area contributed by atoms with Crippen LogP contribution in [0.15, 0.2) is 38.0 Å². The van der Waals surface area contributed by atoms with Crippen LogP contribution >= 0.6 is 17.1 Å². The predicted octanol–water partition coefficient (Wildman–Crippen LogP) is 9.38. The first-order chi connectivity index (χ1) is 14.0. The van der Waals surface area contributed by atoms with Crippen LogP contribution in [-0.4, -0.2) is 17.5 Å². The molecule has 0 aromatic carbocycles. The van der Waals surface area contributed by atoms with E-state index in [1.807, 2.05) is 18.2 Å². The van der Waals surface area contributed by atoms with E-state index in [0.29, 0.717) is 5.25 Å². The highest BCUT2D eigenvalue weighted by Gasteiger charge is 2.31. The molecule has 0 aromatic rings. The van der Waals surface area contributed by atoms with Crippen LogP contribution in [0.2, 0.25) is 0 Å². The molecule has 2 nitrogen and oxygen atoms in total. The topological polar surface area (TPSA) is 18.5 Å². The van der Waals surface area contributed by atoms with Crippen molar-refractivity contribution in [2.45, 2.75) is 115 Å². The molecular weight excluding hydrogens is 415 g/mol. The van der Waals surface area contributed by atoms with Crippen molar-refractivity contribution >= 4 is 28.9 Å². The molecule has 0 rings (SSSR count). The highest BCUT2D eigenvalue weighted by Crippen LogP contribution is 2.66. The third-order valence-electron chi connectivity index (χ3n) is 4.76. The van der Waals surface area contributed by atoms with Crippen LogP contribution in [0.5, 0.6) is 0 Å². The lowest BCUT2D eigenvalue weighted by molar-refractivity contribution is 0.140. The normalized spacial score (nSPS) is 16.5. The van der Waals surface area contributed by atoms with E-state index in [-0.39, 0.29) is 12.2 Å². The van der Waals surface area contributed by atoms with Gasteiger partial charge in [-0.1, -0.05) is 88.9 Å². The van der Waals surface area contributed by atoms with Crippen LogP contribution in [0, 0.1) is 0 Å². The van der Waals surface area contributed by atoms with E-state index in [1.165, 1.54) is 12.8 Å². The maximum Gasteiger partial charge on any atom is 0.248 e. The summed E-state index contributed by atoms with van der Waals surface area (Å²) in [4.78, 5) is 0. The first kappa shape index (κ1) is 29.1. The second-order valence-electron chi connectivity index (χ2n) is 7.63. The summed E-state index contributed by atoms with van der Waals surface area (Å²) in [7, 11) is 0. The molecule has 0 spiro atoms. The van der Waals surface area contributed by atoms with Crippen molar-refractivity contribution in [3.05, 3.63) is 38.0 Å². The van der Waals surface area contributed by atoms with E-state index < -0.39 is 5.69 Å². The second kappa shape index (κ2) is 18.9. The summed E-state index contributed by atoms with van der Waals surface area (Å²) in [5.74, 6) is 0. The molecule has 0 N–H and O–H groups in total. The number of rotatable bonds is 21. The van der Waals surface area contributed by atoms with Gasteiger partial charge in [0.05, 0.1) is 12.2 Å². The van der Waals surface area contributed by atoms with Gasteiger partial charge in [-0.15, -0.1) is 19.7 Å². The second-order valence-corrected chi connectivity index (χ2v) is 14.0. The fraction of sp³-hybridized carbons (Fsp3) is 0.750. The van der Waals surface area contributed by atoms with Crippen LogP contribution < -0.4 is 0 Å². The molecule has 0 heterocycles. The Labute approximate surface area is 190 Å². The molecule has 0 bridgehead atoms. The van der Waals surface area contributed by atoms with E-state index >= 15 is 0 Å². The van der Waals surface area contributed by atoms with Crippen LogP contribution in [0.25, 0.3) is 0 Å². The molecular formula is C24H45O2PS2. The van der Waals surface area contributed by atoms with Gasteiger partial charge in [-0.25, -0.2) is 0 Å². The summed E-state index contributed by atoms with van der Waals surface area (Å²) < 4.78 is 13.2. The van der Waals surface area contributed by atoms with Gasteiger partial charge in [-0.3, -0.25) is 0 Å². The molecule has 0 aliphatic carbocycles. The molecule has 29 heavy (non-hydrogen) atoms. The summed E-state index contributed by atoms with van der Waals surface area (Å²) in [5.41, 5.74) is -2.49. The zero-order chi connectivity index (χ0) is 22.0. The summed E-state index contributed by atoms with van der Waals surface area (Å²) in [6.45, 7) is 18.5. The molecule has 0 aliphatic heterocycles. The lowest BCUT2D eigenvalue weighted by Gasteiger charge is -2.32. The molecule has 0 aromatic heterocycles. The van der Waals surface area contributed by atoms with E-state index in [1.54, 1.807) is 11.4 Å². The lowest BCUT2D eigenvalue weighted by Crippen LogP contribution is -2.17. The fourth-order valence-corrected chi connectivity index (χ4v) is 9.76. The first-order valence-electron chi connectivity index (χ1n) is 11.5. The average molecular weight is 461 g/mol. The molecule has 3 unspecified atom stereocenters. The van der Waals surface area contributed by atoms with Crippen molar-refractivity contribution in [1.29, 1.82) is 0 Å². The number of allylic oxidation sites excluding steroid dienone is 1. The van der Waals surface area contributed by atoms with Gasteiger partial charge in [0.1, 0.15) is 0 Å². The van der Waals surface area contributed by atoms with Gasteiger partial charge >= 0.3 is 0 Å². The number of unbranched alkanes of at least 4 members (excludes halogenated alkanes) is 3. The Morgan fingerprint density at radius 3 is 1.55 bits per heavy atom. The van der Waals surface area contributed by atoms with Gasteiger partial charge < -0.3 is 9.05 Å². The minimum Gasteiger partial charge on any atom is -0.318 e. The predicted molar refractivity (Wildman–Crippen MR) is 138 cm³/mol. The van der Waals surface area contributed by atoms with Crippen molar-refractivity contribution in [1.82, 2.24) is 0 Å². The highest BCUT2D eigenvalue weighted by atomic mass is 32.9. The molecule has 3 atom stereocenters. The molecule has 0 saturated heterocycles. The Balaban J connectivity index is 5.52. The van der Waals surface area contributed by atoms with E-state index in [4.69, 9.17) is 20.9 Å². The van der Waals surface area contributed by atoms with Gasteiger partial charge in [-0.05, 0) is 50.3 Å². The number of hydrogen-bond acceptors (Lipinski definition) is 4. The van der Waals surface area contributed by atoms with Gasteiger partial charge in [-0.2, -0.15) is 0 Å².